The van der Waals surface area contributed by atoms with Crippen molar-refractivity contribution in [2.75, 3.05) is 19.6 Å². The summed E-state index contributed by atoms with van der Waals surface area (Å²) in [5.74, 6) is 2.22. The second-order valence-corrected chi connectivity index (χ2v) is 6.15. The minimum atomic E-state index is -0.548. The van der Waals surface area contributed by atoms with Crippen LogP contribution in [0, 0.1) is 12.3 Å². The summed E-state index contributed by atoms with van der Waals surface area (Å²) in [5.41, 5.74) is -0.548. The molecular formula is C16H30IN7O. The van der Waals surface area contributed by atoms with E-state index in [4.69, 9.17) is 0 Å². The maximum atomic E-state index is 12.1. The Morgan fingerprint density at radius 2 is 2.00 bits per heavy atom. The number of rotatable bonds is 8. The first-order valence-corrected chi connectivity index (χ1v) is 8.08. The Morgan fingerprint density at radius 1 is 1.32 bits per heavy atom. The first-order valence-electron chi connectivity index (χ1n) is 8.08. The SMILES string of the molecule is C=CCNC(=NCc1nnc(C)n1C)NCC(C)(C)C(=O)NCC.I. The smallest absolute Gasteiger partial charge is 0.227 e. The van der Waals surface area contributed by atoms with Crippen LogP contribution in [0.1, 0.15) is 32.4 Å². The van der Waals surface area contributed by atoms with E-state index in [9.17, 15) is 4.79 Å². The molecule has 1 aromatic rings. The molecule has 0 aliphatic carbocycles. The maximum Gasteiger partial charge on any atom is 0.227 e. The molecular weight excluding hydrogens is 433 g/mol. The van der Waals surface area contributed by atoms with Crippen LogP contribution in [0.5, 0.6) is 0 Å². The number of halogens is 1. The zero-order chi connectivity index (χ0) is 18.2. The average molecular weight is 463 g/mol. The molecule has 0 aliphatic heterocycles. The molecule has 0 fully saturated rings. The van der Waals surface area contributed by atoms with Gasteiger partial charge in [0, 0.05) is 26.7 Å². The van der Waals surface area contributed by atoms with Gasteiger partial charge in [-0.2, -0.15) is 0 Å². The minimum absolute atomic E-state index is 0. The number of carbonyl (C=O) groups excluding carboxylic acids is 1. The molecule has 0 atom stereocenters. The summed E-state index contributed by atoms with van der Waals surface area (Å²) < 4.78 is 1.90. The predicted molar refractivity (Wildman–Crippen MR) is 111 cm³/mol. The van der Waals surface area contributed by atoms with Crippen LogP contribution in [-0.2, 0) is 18.4 Å². The Bertz CT molecular complexity index is 595. The zero-order valence-corrected chi connectivity index (χ0v) is 18.0. The molecule has 1 amide bonds. The lowest BCUT2D eigenvalue weighted by Crippen LogP contribution is -2.48. The van der Waals surface area contributed by atoms with Crippen LogP contribution < -0.4 is 16.0 Å². The van der Waals surface area contributed by atoms with Crippen molar-refractivity contribution in [2.24, 2.45) is 17.5 Å². The van der Waals surface area contributed by atoms with Gasteiger partial charge < -0.3 is 20.5 Å². The molecule has 0 saturated carbocycles. The molecule has 9 heteroatoms. The normalized spacial score (nSPS) is 11.5. The van der Waals surface area contributed by atoms with Gasteiger partial charge in [-0.3, -0.25) is 4.79 Å². The first-order chi connectivity index (χ1) is 11.3. The number of nitrogens with one attached hydrogen (secondary N) is 3. The van der Waals surface area contributed by atoms with Gasteiger partial charge in [0.05, 0.1) is 5.41 Å². The molecule has 0 spiro atoms. The first kappa shape index (κ1) is 23.4. The van der Waals surface area contributed by atoms with Gasteiger partial charge in [-0.15, -0.1) is 40.8 Å². The standard InChI is InChI=1S/C16H29N7O.HI/c1-7-9-18-15(19-10-13-22-21-12(3)23(13)6)20-11-16(4,5)14(24)17-8-2;/h7H,1,8-11H2,2-6H3,(H,17,24)(H2,18,19,20);1H. The molecule has 25 heavy (non-hydrogen) atoms. The molecule has 3 N–H and O–H groups in total. The number of aromatic nitrogens is 3. The number of amides is 1. The van der Waals surface area contributed by atoms with Crippen LogP contribution in [-0.4, -0.2) is 46.3 Å². The lowest BCUT2D eigenvalue weighted by molar-refractivity contribution is -0.128. The third-order valence-electron chi connectivity index (χ3n) is 3.62. The van der Waals surface area contributed by atoms with Crippen LogP contribution in [0.15, 0.2) is 17.6 Å². The molecule has 0 saturated heterocycles. The monoisotopic (exact) mass is 463 g/mol. The van der Waals surface area contributed by atoms with Crippen LogP contribution >= 0.6 is 24.0 Å². The number of nitrogens with zero attached hydrogens (tertiary/aromatic N) is 4. The van der Waals surface area contributed by atoms with Crippen molar-refractivity contribution in [3.63, 3.8) is 0 Å². The molecule has 8 nitrogen and oxygen atoms in total. The fourth-order valence-electron chi connectivity index (χ4n) is 1.87. The number of hydrogen-bond acceptors (Lipinski definition) is 4. The van der Waals surface area contributed by atoms with Crippen molar-refractivity contribution in [3.05, 3.63) is 24.3 Å². The fourth-order valence-corrected chi connectivity index (χ4v) is 1.87. The molecule has 0 aromatic carbocycles. The third kappa shape index (κ3) is 7.41. The minimum Gasteiger partial charge on any atom is -0.356 e. The molecule has 0 bridgehead atoms. The fraction of sp³-hybridized carbons (Fsp3) is 0.625. The third-order valence-corrected chi connectivity index (χ3v) is 3.62. The van der Waals surface area contributed by atoms with Gasteiger partial charge in [0.2, 0.25) is 5.91 Å². The van der Waals surface area contributed by atoms with Crippen molar-refractivity contribution in [1.82, 2.24) is 30.7 Å². The summed E-state index contributed by atoms with van der Waals surface area (Å²) in [7, 11) is 1.91. The molecule has 142 valence electrons. The highest BCUT2D eigenvalue weighted by Gasteiger charge is 2.27. The van der Waals surface area contributed by atoms with Gasteiger partial charge in [-0.1, -0.05) is 6.08 Å². The van der Waals surface area contributed by atoms with Crippen molar-refractivity contribution in [2.45, 2.75) is 34.2 Å². The summed E-state index contributed by atoms with van der Waals surface area (Å²) in [6.07, 6.45) is 1.75. The van der Waals surface area contributed by atoms with Gasteiger partial charge in [0.25, 0.3) is 0 Å². The highest BCUT2D eigenvalue weighted by molar-refractivity contribution is 14.0. The van der Waals surface area contributed by atoms with E-state index in [1.807, 2.05) is 39.3 Å². The van der Waals surface area contributed by atoms with Gasteiger partial charge in [0.15, 0.2) is 11.8 Å². The van der Waals surface area contributed by atoms with E-state index in [1.165, 1.54) is 0 Å². The Morgan fingerprint density at radius 3 is 2.52 bits per heavy atom. The number of guanidine groups is 1. The quantitative estimate of drug-likeness (QED) is 0.233. The van der Waals surface area contributed by atoms with Gasteiger partial charge in [-0.05, 0) is 27.7 Å². The average Bonchev–Trinajstić information content (AvgIpc) is 2.86. The van der Waals surface area contributed by atoms with Crippen LogP contribution in [0.4, 0.5) is 0 Å². The second kappa shape index (κ2) is 11.1. The number of hydrogen-bond donors (Lipinski definition) is 3. The van der Waals surface area contributed by atoms with Crippen molar-refractivity contribution < 1.29 is 4.79 Å². The van der Waals surface area contributed by atoms with Gasteiger partial charge >= 0.3 is 0 Å². The van der Waals surface area contributed by atoms with Crippen LogP contribution in [0.25, 0.3) is 0 Å². The van der Waals surface area contributed by atoms with E-state index in [0.29, 0.717) is 32.1 Å². The van der Waals surface area contributed by atoms with Crippen molar-refractivity contribution in [1.29, 1.82) is 0 Å². The molecule has 1 heterocycles. The van der Waals surface area contributed by atoms with E-state index < -0.39 is 5.41 Å². The molecule has 0 unspecified atom stereocenters. The summed E-state index contributed by atoms with van der Waals surface area (Å²) >= 11 is 0. The summed E-state index contributed by atoms with van der Waals surface area (Å²) in [5, 5.41) is 17.3. The topological polar surface area (TPSA) is 96.2 Å². The Kier molecular flexibility index (Phi) is 10.3. The van der Waals surface area contributed by atoms with E-state index in [0.717, 1.165) is 11.6 Å². The van der Waals surface area contributed by atoms with E-state index >= 15 is 0 Å². The highest BCUT2D eigenvalue weighted by Crippen LogP contribution is 2.13. The van der Waals surface area contributed by atoms with Crippen molar-refractivity contribution in [3.8, 4) is 0 Å². The molecule has 1 rings (SSSR count). The van der Waals surface area contributed by atoms with E-state index in [-0.39, 0.29) is 29.9 Å². The highest BCUT2D eigenvalue weighted by atomic mass is 127. The molecule has 0 radical (unpaired) electrons. The summed E-state index contributed by atoms with van der Waals surface area (Å²) in [4.78, 5) is 16.6. The molecule has 0 aliphatic rings. The Balaban J connectivity index is 0.00000576. The Hall–Kier alpha value is -1.65. The van der Waals surface area contributed by atoms with E-state index in [1.54, 1.807) is 6.08 Å². The van der Waals surface area contributed by atoms with Crippen LogP contribution in [0.2, 0.25) is 0 Å². The lowest BCUT2D eigenvalue weighted by atomic mass is 9.92. The lowest BCUT2D eigenvalue weighted by Gasteiger charge is -2.24. The Labute approximate surface area is 167 Å². The van der Waals surface area contributed by atoms with Gasteiger partial charge in [0.1, 0.15) is 12.4 Å². The number of carbonyl (C=O) groups is 1. The van der Waals surface area contributed by atoms with E-state index in [2.05, 4.69) is 37.7 Å². The number of aryl methyl sites for hydroxylation is 1. The van der Waals surface area contributed by atoms with Crippen LogP contribution in [0.3, 0.4) is 0 Å². The number of aliphatic imine (C=N–C) groups is 1. The molecule has 1 aromatic heterocycles. The summed E-state index contributed by atoms with van der Waals surface area (Å²) in [6.45, 7) is 13.3. The largest absolute Gasteiger partial charge is 0.356 e. The van der Waals surface area contributed by atoms with Crippen molar-refractivity contribution >= 4 is 35.8 Å². The maximum absolute atomic E-state index is 12.1. The second-order valence-electron chi connectivity index (χ2n) is 6.15. The zero-order valence-electron chi connectivity index (χ0n) is 15.7. The van der Waals surface area contributed by atoms with Gasteiger partial charge in [-0.25, -0.2) is 4.99 Å². The summed E-state index contributed by atoms with van der Waals surface area (Å²) in [6, 6.07) is 0. The predicted octanol–water partition coefficient (Wildman–Crippen LogP) is 1.13.